The molecule has 0 amide bonds. The third-order valence-corrected chi connectivity index (χ3v) is 7.40. The van der Waals surface area contributed by atoms with Gasteiger partial charge in [-0.2, -0.15) is 0 Å². The van der Waals surface area contributed by atoms with E-state index in [9.17, 15) is 14.7 Å². The highest BCUT2D eigenvalue weighted by atomic mass is 16.5. The molecule has 0 aromatic heterocycles. The number of unbranched alkanes of at least 4 members (excludes halogenated alkanes) is 2. The lowest BCUT2D eigenvalue weighted by Gasteiger charge is -2.43. The van der Waals surface area contributed by atoms with Gasteiger partial charge in [0.25, 0.3) is 0 Å². The topological polar surface area (TPSA) is 63.6 Å². The van der Waals surface area contributed by atoms with E-state index in [0.29, 0.717) is 36.7 Å². The first kappa shape index (κ1) is 23.2. The Morgan fingerprint density at radius 2 is 1.71 bits per heavy atom. The average Bonchev–Trinajstić information content (AvgIpc) is 2.67. The number of carboxylic acids is 1. The van der Waals surface area contributed by atoms with Crippen molar-refractivity contribution in [3.63, 3.8) is 0 Å². The van der Waals surface area contributed by atoms with Crippen molar-refractivity contribution in [2.75, 3.05) is 6.61 Å². The molecule has 0 radical (unpaired) electrons. The minimum atomic E-state index is -0.841. The van der Waals surface area contributed by atoms with Crippen molar-refractivity contribution in [2.45, 2.75) is 104 Å². The molecule has 28 heavy (non-hydrogen) atoms. The molecule has 4 heteroatoms. The second-order valence-corrected chi connectivity index (χ2v) is 9.79. The molecule has 2 saturated carbocycles. The van der Waals surface area contributed by atoms with Crippen molar-refractivity contribution < 1.29 is 19.4 Å². The normalized spacial score (nSPS) is 33.4. The summed E-state index contributed by atoms with van der Waals surface area (Å²) >= 11 is 0. The van der Waals surface area contributed by atoms with Gasteiger partial charge in [0.05, 0.1) is 18.4 Å². The molecule has 2 aliphatic rings. The Labute approximate surface area is 171 Å². The fraction of sp³-hybridized carbons (Fsp3) is 0.917. The monoisotopic (exact) mass is 394 g/mol. The SMILES string of the molecule is CCCCCC1CC(C)(CCC)CCC1COC(=O)C1CCCCC1C(=O)O. The van der Waals surface area contributed by atoms with E-state index in [1.54, 1.807) is 0 Å². The van der Waals surface area contributed by atoms with E-state index >= 15 is 0 Å². The summed E-state index contributed by atoms with van der Waals surface area (Å²) in [6, 6.07) is 0. The molecule has 0 spiro atoms. The number of hydrogen-bond acceptors (Lipinski definition) is 3. The number of aliphatic carboxylic acids is 1. The molecule has 4 nitrogen and oxygen atoms in total. The Morgan fingerprint density at radius 3 is 2.36 bits per heavy atom. The van der Waals surface area contributed by atoms with Crippen LogP contribution in [0.3, 0.4) is 0 Å². The molecule has 5 atom stereocenters. The van der Waals surface area contributed by atoms with Crippen LogP contribution >= 0.6 is 0 Å². The largest absolute Gasteiger partial charge is 0.481 e. The number of carbonyl (C=O) groups excluding carboxylic acids is 1. The molecule has 0 aromatic rings. The highest BCUT2D eigenvalue weighted by Gasteiger charge is 2.39. The van der Waals surface area contributed by atoms with Crippen LogP contribution in [-0.2, 0) is 14.3 Å². The summed E-state index contributed by atoms with van der Waals surface area (Å²) in [6.45, 7) is 7.43. The van der Waals surface area contributed by atoms with Gasteiger partial charge < -0.3 is 9.84 Å². The van der Waals surface area contributed by atoms with E-state index < -0.39 is 17.8 Å². The van der Waals surface area contributed by atoms with Gasteiger partial charge in [0, 0.05) is 0 Å². The maximum Gasteiger partial charge on any atom is 0.309 e. The lowest BCUT2D eigenvalue weighted by Crippen LogP contribution is -2.37. The highest BCUT2D eigenvalue weighted by Crippen LogP contribution is 2.47. The maximum atomic E-state index is 12.7. The number of carboxylic acid groups (broad SMARTS) is 1. The summed E-state index contributed by atoms with van der Waals surface area (Å²) in [6.07, 6.45) is 14.2. The Morgan fingerprint density at radius 1 is 1.00 bits per heavy atom. The van der Waals surface area contributed by atoms with Crippen LogP contribution in [0.1, 0.15) is 104 Å². The zero-order valence-electron chi connectivity index (χ0n) is 18.4. The van der Waals surface area contributed by atoms with E-state index in [0.717, 1.165) is 19.3 Å². The predicted molar refractivity (Wildman–Crippen MR) is 112 cm³/mol. The Kier molecular flexibility index (Phi) is 9.30. The molecule has 0 saturated heterocycles. The molecule has 2 rings (SSSR count). The molecule has 2 fully saturated rings. The molecule has 0 aromatic carbocycles. The van der Waals surface area contributed by atoms with Gasteiger partial charge in [-0.25, -0.2) is 0 Å². The van der Waals surface area contributed by atoms with Gasteiger partial charge in [-0.15, -0.1) is 0 Å². The molecule has 0 aliphatic heterocycles. The van der Waals surface area contributed by atoms with Gasteiger partial charge in [0.2, 0.25) is 0 Å². The summed E-state index contributed by atoms with van der Waals surface area (Å²) in [5.74, 6) is -1.03. The van der Waals surface area contributed by atoms with E-state index in [4.69, 9.17) is 4.74 Å². The van der Waals surface area contributed by atoms with Gasteiger partial charge in [-0.05, 0) is 55.8 Å². The Balaban J connectivity index is 1.93. The number of rotatable bonds is 10. The maximum absolute atomic E-state index is 12.7. The third-order valence-electron chi connectivity index (χ3n) is 7.40. The molecule has 162 valence electrons. The lowest BCUT2D eigenvalue weighted by molar-refractivity contribution is -0.161. The molecule has 2 aliphatic carbocycles. The van der Waals surface area contributed by atoms with Gasteiger partial charge in [0.15, 0.2) is 0 Å². The van der Waals surface area contributed by atoms with Crippen molar-refractivity contribution >= 4 is 11.9 Å². The molecule has 0 heterocycles. The van der Waals surface area contributed by atoms with Crippen LogP contribution in [0.5, 0.6) is 0 Å². The van der Waals surface area contributed by atoms with E-state index in [-0.39, 0.29) is 5.97 Å². The molecular formula is C24H42O4. The number of carbonyl (C=O) groups is 2. The summed E-state index contributed by atoms with van der Waals surface area (Å²) in [5, 5.41) is 9.44. The summed E-state index contributed by atoms with van der Waals surface area (Å²) in [7, 11) is 0. The van der Waals surface area contributed by atoms with Crippen LogP contribution in [0.25, 0.3) is 0 Å². The molecular weight excluding hydrogens is 352 g/mol. The van der Waals surface area contributed by atoms with E-state index in [1.165, 1.54) is 51.4 Å². The summed E-state index contributed by atoms with van der Waals surface area (Å²) in [5.41, 5.74) is 0.434. The van der Waals surface area contributed by atoms with E-state index in [1.807, 2.05) is 0 Å². The minimum Gasteiger partial charge on any atom is -0.481 e. The number of esters is 1. The molecule has 0 bridgehead atoms. The number of hydrogen-bond donors (Lipinski definition) is 1. The summed E-state index contributed by atoms with van der Waals surface area (Å²) < 4.78 is 5.76. The summed E-state index contributed by atoms with van der Waals surface area (Å²) in [4.78, 5) is 24.2. The average molecular weight is 395 g/mol. The van der Waals surface area contributed by atoms with Gasteiger partial charge in [-0.1, -0.05) is 65.7 Å². The van der Waals surface area contributed by atoms with Crippen LogP contribution < -0.4 is 0 Å². The van der Waals surface area contributed by atoms with Crippen molar-refractivity contribution in [2.24, 2.45) is 29.1 Å². The zero-order valence-corrected chi connectivity index (χ0v) is 18.4. The van der Waals surface area contributed by atoms with Crippen LogP contribution in [-0.4, -0.2) is 23.7 Å². The highest BCUT2D eigenvalue weighted by molar-refractivity contribution is 5.81. The smallest absolute Gasteiger partial charge is 0.309 e. The van der Waals surface area contributed by atoms with E-state index in [2.05, 4.69) is 20.8 Å². The molecule has 5 unspecified atom stereocenters. The zero-order chi connectivity index (χ0) is 20.6. The first-order valence-electron chi connectivity index (χ1n) is 11.8. The van der Waals surface area contributed by atoms with Crippen LogP contribution in [0.4, 0.5) is 0 Å². The number of ether oxygens (including phenoxy) is 1. The van der Waals surface area contributed by atoms with Gasteiger partial charge >= 0.3 is 11.9 Å². The fourth-order valence-electron chi connectivity index (χ4n) is 5.72. The predicted octanol–water partition coefficient (Wildman–Crippen LogP) is 6.22. The second-order valence-electron chi connectivity index (χ2n) is 9.79. The first-order chi connectivity index (χ1) is 13.4. The first-order valence-corrected chi connectivity index (χ1v) is 11.8. The van der Waals surface area contributed by atoms with Crippen LogP contribution in [0.2, 0.25) is 0 Å². The fourth-order valence-corrected chi connectivity index (χ4v) is 5.72. The van der Waals surface area contributed by atoms with Crippen LogP contribution in [0, 0.1) is 29.1 Å². The van der Waals surface area contributed by atoms with Crippen molar-refractivity contribution in [1.29, 1.82) is 0 Å². The molecule has 1 N–H and O–H groups in total. The second kappa shape index (κ2) is 11.2. The Hall–Kier alpha value is -1.06. The standard InChI is InChI=1S/C24H42O4/c1-4-6-7-10-18-16-24(3,14-5-2)15-13-19(18)17-28-23(27)21-12-9-8-11-20(21)22(25)26/h18-21H,4-17H2,1-3H3,(H,25,26). The lowest BCUT2D eigenvalue weighted by atomic mass is 9.63. The van der Waals surface area contributed by atoms with Gasteiger partial charge in [-0.3, -0.25) is 9.59 Å². The van der Waals surface area contributed by atoms with Crippen molar-refractivity contribution in [1.82, 2.24) is 0 Å². The Bertz CT molecular complexity index is 503. The van der Waals surface area contributed by atoms with Crippen molar-refractivity contribution in [3.05, 3.63) is 0 Å². The van der Waals surface area contributed by atoms with Crippen molar-refractivity contribution in [3.8, 4) is 0 Å². The van der Waals surface area contributed by atoms with Gasteiger partial charge in [0.1, 0.15) is 0 Å². The quantitative estimate of drug-likeness (QED) is 0.353. The minimum absolute atomic E-state index is 0.263. The third kappa shape index (κ3) is 6.49. The van der Waals surface area contributed by atoms with Crippen LogP contribution in [0.15, 0.2) is 0 Å².